The summed E-state index contributed by atoms with van der Waals surface area (Å²) in [5.41, 5.74) is 7.81. The molecular formula is C13H15N5S. The van der Waals surface area contributed by atoms with Gasteiger partial charge in [-0.25, -0.2) is 0 Å². The molecule has 0 aliphatic carbocycles. The van der Waals surface area contributed by atoms with Crippen molar-refractivity contribution in [3.8, 4) is 0 Å². The summed E-state index contributed by atoms with van der Waals surface area (Å²) in [5, 5.41) is 8.06. The van der Waals surface area contributed by atoms with Gasteiger partial charge in [-0.2, -0.15) is 0 Å². The van der Waals surface area contributed by atoms with Gasteiger partial charge in [-0.05, 0) is 11.6 Å². The van der Waals surface area contributed by atoms with Crippen molar-refractivity contribution in [2.75, 3.05) is 6.54 Å². The van der Waals surface area contributed by atoms with Crippen LogP contribution in [0, 0.1) is 0 Å². The quantitative estimate of drug-likeness (QED) is 0.843. The van der Waals surface area contributed by atoms with Crippen molar-refractivity contribution in [3.05, 3.63) is 47.5 Å². The van der Waals surface area contributed by atoms with Gasteiger partial charge in [-0.1, -0.05) is 30.4 Å². The van der Waals surface area contributed by atoms with E-state index < -0.39 is 0 Å². The minimum Gasteiger partial charge on any atom is -0.389 e. The molecule has 1 aromatic carbocycles. The number of thiocarbonyl (C=S) groups is 1. The molecule has 5 nitrogen and oxygen atoms in total. The van der Waals surface area contributed by atoms with Crippen LogP contribution in [0.25, 0.3) is 0 Å². The molecule has 0 bridgehead atoms. The van der Waals surface area contributed by atoms with Gasteiger partial charge in [0.15, 0.2) is 0 Å². The van der Waals surface area contributed by atoms with Crippen molar-refractivity contribution in [1.29, 1.82) is 0 Å². The number of nitrogens with two attached hydrogens (primary N) is 1. The van der Waals surface area contributed by atoms with E-state index in [0.29, 0.717) is 4.99 Å². The molecule has 3 rings (SSSR count). The Morgan fingerprint density at radius 2 is 2.26 bits per heavy atom. The third-order valence-electron chi connectivity index (χ3n) is 3.34. The summed E-state index contributed by atoms with van der Waals surface area (Å²) in [6.07, 6.45) is 1.79. The molecule has 1 aromatic heterocycles. The summed E-state index contributed by atoms with van der Waals surface area (Å²) in [6, 6.07) is 8.09. The lowest BCUT2D eigenvalue weighted by Crippen LogP contribution is -2.33. The molecule has 1 aliphatic rings. The van der Waals surface area contributed by atoms with E-state index >= 15 is 0 Å². The summed E-state index contributed by atoms with van der Waals surface area (Å²) >= 11 is 5.01. The molecule has 98 valence electrons. The number of rotatable bonds is 3. The fourth-order valence-electron chi connectivity index (χ4n) is 2.33. The fraction of sp³-hybridized carbons (Fsp3) is 0.308. The zero-order chi connectivity index (χ0) is 13.2. The van der Waals surface area contributed by atoms with Crippen LogP contribution in [0.3, 0.4) is 0 Å². The van der Waals surface area contributed by atoms with Crippen LogP contribution in [-0.4, -0.2) is 31.2 Å². The third kappa shape index (κ3) is 2.64. The van der Waals surface area contributed by atoms with Crippen LogP contribution in [0.5, 0.6) is 0 Å². The van der Waals surface area contributed by atoms with Crippen LogP contribution in [0.4, 0.5) is 0 Å². The predicted molar refractivity (Wildman–Crippen MR) is 76.5 cm³/mol. The highest BCUT2D eigenvalue weighted by Gasteiger charge is 2.17. The van der Waals surface area contributed by atoms with Gasteiger partial charge in [-0.3, -0.25) is 4.90 Å². The maximum atomic E-state index is 5.66. The Kier molecular flexibility index (Phi) is 3.27. The van der Waals surface area contributed by atoms with Gasteiger partial charge in [0.25, 0.3) is 0 Å². The standard InChI is InChI=1S/C13H15N5S/c14-13(19)11-3-1-2-10(6-11)7-17-4-5-18-9-15-16-12(18)8-17/h1-3,6,9H,4-5,7-8H2,(H2,14,19). The van der Waals surface area contributed by atoms with Gasteiger partial charge in [0, 0.05) is 25.2 Å². The van der Waals surface area contributed by atoms with E-state index in [4.69, 9.17) is 18.0 Å². The molecule has 6 heteroatoms. The number of hydrogen-bond acceptors (Lipinski definition) is 4. The lowest BCUT2D eigenvalue weighted by molar-refractivity contribution is 0.209. The monoisotopic (exact) mass is 273 g/mol. The normalized spacial score (nSPS) is 15.2. The van der Waals surface area contributed by atoms with Gasteiger partial charge in [0.2, 0.25) is 0 Å². The predicted octanol–water partition coefficient (Wildman–Crippen LogP) is 0.928. The topological polar surface area (TPSA) is 60.0 Å². The van der Waals surface area contributed by atoms with Crippen LogP contribution in [0.2, 0.25) is 0 Å². The number of fused-ring (bicyclic) bond motifs is 1. The molecule has 0 unspecified atom stereocenters. The van der Waals surface area contributed by atoms with E-state index in [2.05, 4.69) is 31.8 Å². The zero-order valence-corrected chi connectivity index (χ0v) is 11.3. The van der Waals surface area contributed by atoms with Crippen molar-refractivity contribution < 1.29 is 0 Å². The average Bonchev–Trinajstić information content (AvgIpc) is 2.86. The number of benzene rings is 1. The first-order valence-electron chi connectivity index (χ1n) is 6.20. The highest BCUT2D eigenvalue weighted by atomic mass is 32.1. The van der Waals surface area contributed by atoms with Gasteiger partial charge in [-0.15, -0.1) is 10.2 Å². The van der Waals surface area contributed by atoms with Crippen LogP contribution >= 0.6 is 12.2 Å². The van der Waals surface area contributed by atoms with E-state index in [0.717, 1.165) is 37.6 Å². The molecule has 0 spiro atoms. The summed E-state index contributed by atoms with van der Waals surface area (Å²) < 4.78 is 2.10. The number of nitrogens with zero attached hydrogens (tertiary/aromatic N) is 4. The molecule has 0 atom stereocenters. The second-order valence-corrected chi connectivity index (χ2v) is 5.16. The molecule has 19 heavy (non-hydrogen) atoms. The largest absolute Gasteiger partial charge is 0.389 e. The maximum Gasteiger partial charge on any atom is 0.147 e. The Bertz CT molecular complexity index is 607. The Hall–Kier alpha value is -1.79. The molecule has 0 fully saturated rings. The minimum atomic E-state index is 0.445. The fourth-order valence-corrected chi connectivity index (χ4v) is 2.46. The van der Waals surface area contributed by atoms with Crippen molar-refractivity contribution in [3.63, 3.8) is 0 Å². The van der Waals surface area contributed by atoms with Gasteiger partial charge < -0.3 is 10.3 Å². The molecule has 2 N–H and O–H groups in total. The highest BCUT2D eigenvalue weighted by Crippen LogP contribution is 2.14. The first kappa shape index (κ1) is 12.3. The van der Waals surface area contributed by atoms with E-state index in [1.807, 2.05) is 12.1 Å². The molecule has 1 aliphatic heterocycles. The Balaban J connectivity index is 1.72. The lowest BCUT2D eigenvalue weighted by atomic mass is 10.1. The SMILES string of the molecule is NC(=S)c1cccc(CN2CCn3cnnc3C2)c1. The second-order valence-electron chi connectivity index (χ2n) is 4.72. The molecule has 2 aromatic rings. The van der Waals surface area contributed by atoms with Crippen LogP contribution < -0.4 is 5.73 Å². The molecule has 0 saturated heterocycles. The Morgan fingerprint density at radius 1 is 1.37 bits per heavy atom. The van der Waals surface area contributed by atoms with Crippen molar-refractivity contribution >= 4 is 17.2 Å². The third-order valence-corrected chi connectivity index (χ3v) is 3.57. The minimum absolute atomic E-state index is 0.445. The van der Waals surface area contributed by atoms with Crippen molar-refractivity contribution in [1.82, 2.24) is 19.7 Å². The van der Waals surface area contributed by atoms with Crippen molar-refractivity contribution in [2.24, 2.45) is 5.73 Å². The highest BCUT2D eigenvalue weighted by molar-refractivity contribution is 7.80. The molecular weight excluding hydrogens is 258 g/mol. The first-order chi connectivity index (χ1) is 9.22. The van der Waals surface area contributed by atoms with E-state index in [1.54, 1.807) is 6.33 Å². The molecule has 0 radical (unpaired) electrons. The second kappa shape index (κ2) is 5.07. The van der Waals surface area contributed by atoms with Gasteiger partial charge in [0.1, 0.15) is 17.1 Å². The number of aromatic nitrogens is 3. The van der Waals surface area contributed by atoms with Crippen LogP contribution in [0.1, 0.15) is 17.0 Å². The van der Waals surface area contributed by atoms with Crippen LogP contribution in [0.15, 0.2) is 30.6 Å². The number of hydrogen-bond donors (Lipinski definition) is 1. The average molecular weight is 273 g/mol. The van der Waals surface area contributed by atoms with E-state index in [1.165, 1.54) is 5.56 Å². The van der Waals surface area contributed by atoms with Gasteiger partial charge >= 0.3 is 0 Å². The summed E-state index contributed by atoms with van der Waals surface area (Å²) in [6.45, 7) is 3.65. The molecule has 2 heterocycles. The molecule has 0 saturated carbocycles. The molecule has 0 amide bonds. The van der Waals surface area contributed by atoms with E-state index in [9.17, 15) is 0 Å². The van der Waals surface area contributed by atoms with Crippen molar-refractivity contribution in [2.45, 2.75) is 19.6 Å². The Morgan fingerprint density at radius 3 is 3.11 bits per heavy atom. The lowest BCUT2D eigenvalue weighted by Gasteiger charge is -2.26. The summed E-state index contributed by atoms with van der Waals surface area (Å²) in [7, 11) is 0. The van der Waals surface area contributed by atoms with Gasteiger partial charge in [0.05, 0.1) is 6.54 Å². The summed E-state index contributed by atoms with van der Waals surface area (Å²) in [5.74, 6) is 1.02. The Labute approximate surface area is 117 Å². The van der Waals surface area contributed by atoms with E-state index in [-0.39, 0.29) is 0 Å². The van der Waals surface area contributed by atoms with Crippen LogP contribution in [-0.2, 0) is 19.6 Å². The summed E-state index contributed by atoms with van der Waals surface area (Å²) in [4.78, 5) is 2.79. The maximum absolute atomic E-state index is 5.66. The zero-order valence-electron chi connectivity index (χ0n) is 10.5. The smallest absolute Gasteiger partial charge is 0.147 e. The first-order valence-corrected chi connectivity index (χ1v) is 6.61.